The van der Waals surface area contributed by atoms with E-state index in [4.69, 9.17) is 9.26 Å². The number of hydrogen-bond donors (Lipinski definition) is 2. The summed E-state index contributed by atoms with van der Waals surface area (Å²) in [5.74, 6) is 2.09. The molecule has 0 aliphatic carbocycles. The molecule has 0 unspecified atom stereocenters. The van der Waals surface area contributed by atoms with Crippen LogP contribution in [0.25, 0.3) is 11.5 Å². The predicted molar refractivity (Wildman–Crippen MR) is 113 cm³/mol. The topological polar surface area (TPSA) is 72.2 Å². The first kappa shape index (κ1) is 19.6. The molecule has 6 nitrogen and oxygen atoms in total. The number of fused-ring (bicyclic) bond motifs is 1. The highest BCUT2D eigenvalue weighted by Crippen LogP contribution is 2.33. The Morgan fingerprint density at radius 1 is 1.21 bits per heavy atom. The zero-order chi connectivity index (χ0) is 20.2. The van der Waals surface area contributed by atoms with Crippen molar-refractivity contribution < 1.29 is 9.26 Å². The van der Waals surface area contributed by atoms with Gasteiger partial charge in [0.15, 0.2) is 5.82 Å². The smallest absolute Gasteiger partial charge is 0.257 e. The van der Waals surface area contributed by atoms with Crippen LogP contribution in [0, 0.1) is 6.92 Å². The molecule has 0 amide bonds. The fraction of sp³-hybridized carbons (Fsp3) is 0.391. The Hall–Kier alpha value is -2.70. The average molecular weight is 393 g/mol. The minimum atomic E-state index is 0.113. The molecule has 1 aliphatic rings. The Labute approximate surface area is 171 Å². The van der Waals surface area contributed by atoms with Crippen LogP contribution in [0.2, 0.25) is 0 Å². The standard InChI is InChI=1S/C23H28N4O2/c1-4-5-12-24-21-14-18-13-19(28-3)10-11-20(18)22(26-21)16-6-8-17(9-7-16)23-25-15(2)27-29-23/h6-11,13,21-22,24,26H,4-5,12,14H2,1-3H3/t21-,22+/m1/s1. The number of ether oxygens (including phenoxy) is 1. The molecule has 3 aromatic rings. The summed E-state index contributed by atoms with van der Waals surface area (Å²) < 4.78 is 10.7. The summed E-state index contributed by atoms with van der Waals surface area (Å²) in [6, 6.07) is 14.8. The second-order valence-electron chi connectivity index (χ2n) is 7.50. The van der Waals surface area contributed by atoms with Gasteiger partial charge in [0.1, 0.15) is 5.75 Å². The maximum Gasteiger partial charge on any atom is 0.257 e. The molecule has 0 spiro atoms. The van der Waals surface area contributed by atoms with Gasteiger partial charge in [-0.15, -0.1) is 0 Å². The molecule has 0 saturated heterocycles. The number of unbranched alkanes of at least 4 members (excludes halogenated alkanes) is 1. The van der Waals surface area contributed by atoms with Crippen LogP contribution in [0.4, 0.5) is 0 Å². The minimum absolute atomic E-state index is 0.113. The van der Waals surface area contributed by atoms with Crippen molar-refractivity contribution in [2.24, 2.45) is 0 Å². The van der Waals surface area contributed by atoms with Gasteiger partial charge in [-0.25, -0.2) is 0 Å². The van der Waals surface area contributed by atoms with Crippen LogP contribution in [-0.2, 0) is 6.42 Å². The largest absolute Gasteiger partial charge is 0.497 e. The molecule has 29 heavy (non-hydrogen) atoms. The van der Waals surface area contributed by atoms with Crippen molar-refractivity contribution in [3.8, 4) is 17.2 Å². The van der Waals surface area contributed by atoms with Crippen LogP contribution in [0.15, 0.2) is 47.0 Å². The number of methoxy groups -OCH3 is 1. The van der Waals surface area contributed by atoms with Crippen molar-refractivity contribution >= 4 is 0 Å². The monoisotopic (exact) mass is 392 g/mol. The normalized spacial score (nSPS) is 18.4. The molecule has 2 heterocycles. The average Bonchev–Trinajstić information content (AvgIpc) is 3.19. The van der Waals surface area contributed by atoms with Gasteiger partial charge in [-0.3, -0.25) is 5.32 Å². The third-order valence-corrected chi connectivity index (χ3v) is 5.39. The summed E-state index contributed by atoms with van der Waals surface area (Å²) in [4.78, 5) is 4.31. The summed E-state index contributed by atoms with van der Waals surface area (Å²) in [5, 5.41) is 11.3. The van der Waals surface area contributed by atoms with E-state index in [1.54, 1.807) is 7.11 Å². The van der Waals surface area contributed by atoms with Crippen LogP contribution in [-0.4, -0.2) is 30.0 Å². The summed E-state index contributed by atoms with van der Waals surface area (Å²) in [5.41, 5.74) is 4.75. The zero-order valence-electron chi connectivity index (χ0n) is 17.2. The molecule has 0 radical (unpaired) electrons. The molecule has 0 saturated carbocycles. The molecule has 2 atom stereocenters. The van der Waals surface area contributed by atoms with Crippen LogP contribution < -0.4 is 15.4 Å². The second kappa shape index (κ2) is 8.76. The van der Waals surface area contributed by atoms with Crippen molar-refractivity contribution in [3.05, 3.63) is 65.0 Å². The SMILES string of the molecule is CCCCN[C@H]1Cc2cc(OC)ccc2[C@H](c2ccc(-c3nc(C)no3)cc2)N1. The van der Waals surface area contributed by atoms with E-state index in [0.29, 0.717) is 11.7 Å². The summed E-state index contributed by atoms with van der Waals surface area (Å²) in [7, 11) is 1.72. The van der Waals surface area contributed by atoms with E-state index in [-0.39, 0.29) is 12.2 Å². The van der Waals surface area contributed by atoms with Crippen LogP contribution in [0.1, 0.15) is 48.3 Å². The van der Waals surface area contributed by atoms with Crippen molar-refractivity contribution in [2.75, 3.05) is 13.7 Å². The van der Waals surface area contributed by atoms with Gasteiger partial charge in [0.25, 0.3) is 5.89 Å². The summed E-state index contributed by atoms with van der Waals surface area (Å²) in [6.45, 7) is 5.05. The van der Waals surface area contributed by atoms with Crippen LogP contribution >= 0.6 is 0 Å². The molecule has 0 fully saturated rings. The number of benzene rings is 2. The van der Waals surface area contributed by atoms with E-state index >= 15 is 0 Å². The fourth-order valence-corrected chi connectivity index (χ4v) is 3.83. The maximum atomic E-state index is 5.46. The van der Waals surface area contributed by atoms with Gasteiger partial charge in [-0.2, -0.15) is 4.98 Å². The molecular weight excluding hydrogens is 364 g/mol. The fourth-order valence-electron chi connectivity index (χ4n) is 3.83. The van der Waals surface area contributed by atoms with E-state index in [9.17, 15) is 0 Å². The maximum absolute atomic E-state index is 5.46. The minimum Gasteiger partial charge on any atom is -0.497 e. The summed E-state index contributed by atoms with van der Waals surface area (Å²) >= 11 is 0. The molecule has 2 N–H and O–H groups in total. The van der Waals surface area contributed by atoms with E-state index in [0.717, 1.165) is 24.3 Å². The van der Waals surface area contributed by atoms with Crippen molar-refractivity contribution in [2.45, 2.75) is 45.3 Å². The molecule has 1 aliphatic heterocycles. The van der Waals surface area contributed by atoms with Gasteiger partial charge in [-0.05, 0) is 60.8 Å². The van der Waals surface area contributed by atoms with Crippen LogP contribution in [0.5, 0.6) is 5.75 Å². The number of nitrogens with zero attached hydrogens (tertiary/aromatic N) is 2. The number of rotatable bonds is 7. The lowest BCUT2D eigenvalue weighted by atomic mass is 9.88. The highest BCUT2D eigenvalue weighted by Gasteiger charge is 2.27. The quantitative estimate of drug-likeness (QED) is 0.592. The predicted octanol–water partition coefficient (Wildman–Crippen LogP) is 4.00. The van der Waals surface area contributed by atoms with Gasteiger partial charge < -0.3 is 14.6 Å². The van der Waals surface area contributed by atoms with Gasteiger partial charge in [0, 0.05) is 12.0 Å². The third kappa shape index (κ3) is 4.33. The molecule has 152 valence electrons. The van der Waals surface area contributed by atoms with Gasteiger partial charge in [0.2, 0.25) is 0 Å². The highest BCUT2D eigenvalue weighted by atomic mass is 16.5. The molecule has 2 aromatic carbocycles. The lowest BCUT2D eigenvalue weighted by Gasteiger charge is -2.34. The number of aryl methyl sites for hydroxylation is 1. The third-order valence-electron chi connectivity index (χ3n) is 5.39. The Morgan fingerprint density at radius 2 is 2.03 bits per heavy atom. The summed E-state index contributed by atoms with van der Waals surface area (Å²) in [6.07, 6.45) is 3.52. The molecular formula is C23H28N4O2. The highest BCUT2D eigenvalue weighted by molar-refractivity contribution is 5.54. The second-order valence-corrected chi connectivity index (χ2v) is 7.50. The molecule has 0 bridgehead atoms. The van der Waals surface area contributed by atoms with Gasteiger partial charge >= 0.3 is 0 Å². The molecule has 1 aromatic heterocycles. The zero-order valence-corrected chi connectivity index (χ0v) is 17.2. The van der Waals surface area contributed by atoms with Crippen molar-refractivity contribution in [1.82, 2.24) is 20.8 Å². The van der Waals surface area contributed by atoms with Gasteiger partial charge in [0.05, 0.1) is 19.3 Å². The number of aromatic nitrogens is 2. The van der Waals surface area contributed by atoms with Gasteiger partial charge in [-0.1, -0.05) is 36.7 Å². The Kier molecular flexibility index (Phi) is 5.92. The Balaban J connectivity index is 1.62. The molecule has 4 rings (SSSR count). The van der Waals surface area contributed by atoms with E-state index in [1.807, 2.05) is 25.1 Å². The first-order valence-corrected chi connectivity index (χ1v) is 10.2. The van der Waals surface area contributed by atoms with E-state index < -0.39 is 0 Å². The lowest BCUT2D eigenvalue weighted by molar-refractivity contribution is 0.366. The number of nitrogens with one attached hydrogen (secondary N) is 2. The van der Waals surface area contributed by atoms with E-state index in [1.165, 1.54) is 29.5 Å². The van der Waals surface area contributed by atoms with Crippen LogP contribution in [0.3, 0.4) is 0 Å². The Morgan fingerprint density at radius 3 is 2.72 bits per heavy atom. The van der Waals surface area contributed by atoms with E-state index in [2.05, 4.69) is 52.0 Å². The van der Waals surface area contributed by atoms with Crippen molar-refractivity contribution in [3.63, 3.8) is 0 Å². The first-order valence-electron chi connectivity index (χ1n) is 10.2. The lowest BCUT2D eigenvalue weighted by Crippen LogP contribution is -2.49. The Bertz CT molecular complexity index is 952. The molecule has 6 heteroatoms. The first-order chi connectivity index (χ1) is 14.2. The van der Waals surface area contributed by atoms with Crippen molar-refractivity contribution in [1.29, 1.82) is 0 Å². The number of hydrogen-bond acceptors (Lipinski definition) is 6.